The van der Waals surface area contributed by atoms with E-state index in [1.807, 2.05) is 37.4 Å². The number of allylic oxidation sites excluding steroid dienone is 1. The van der Waals surface area contributed by atoms with Crippen molar-refractivity contribution in [1.29, 1.82) is 0 Å². The first-order valence-corrected chi connectivity index (χ1v) is 14.9. The highest BCUT2D eigenvalue weighted by atomic mass is 16.5. The molecule has 0 unspecified atom stereocenters. The van der Waals surface area contributed by atoms with E-state index in [2.05, 4.69) is 46.1 Å². The number of nitrogen functional groups attached to an aromatic ring is 1. The second kappa shape index (κ2) is 12.6. The molecule has 3 saturated heterocycles. The lowest BCUT2D eigenvalue weighted by Gasteiger charge is -2.53. The van der Waals surface area contributed by atoms with E-state index >= 15 is 0 Å². The first-order chi connectivity index (χ1) is 19.4. The summed E-state index contributed by atoms with van der Waals surface area (Å²) < 4.78 is 5.57. The summed E-state index contributed by atoms with van der Waals surface area (Å²) in [5, 5.41) is 3.09. The molecule has 5 rings (SSSR count). The van der Waals surface area contributed by atoms with Gasteiger partial charge in [0.05, 0.1) is 17.4 Å². The van der Waals surface area contributed by atoms with Gasteiger partial charge in [-0.05, 0) is 75.7 Å². The maximum Gasteiger partial charge on any atom is 0.253 e. The van der Waals surface area contributed by atoms with Crippen molar-refractivity contribution in [2.24, 2.45) is 11.3 Å². The van der Waals surface area contributed by atoms with Gasteiger partial charge in [-0.3, -0.25) is 14.7 Å². The number of anilines is 2. The van der Waals surface area contributed by atoms with E-state index in [9.17, 15) is 4.79 Å². The third kappa shape index (κ3) is 6.58. The molecule has 3 N–H and O–H groups in total. The topological polar surface area (TPSA) is 83.7 Å². The van der Waals surface area contributed by atoms with Gasteiger partial charge in [-0.1, -0.05) is 42.9 Å². The Morgan fingerprint density at radius 1 is 1.20 bits per heavy atom. The van der Waals surface area contributed by atoms with Crippen LogP contribution in [0.15, 0.2) is 42.2 Å². The maximum absolute atomic E-state index is 13.3. The van der Waals surface area contributed by atoms with Gasteiger partial charge in [-0.2, -0.15) is 0 Å². The molecule has 3 aliphatic rings. The van der Waals surface area contributed by atoms with Crippen molar-refractivity contribution in [3.63, 3.8) is 0 Å². The summed E-state index contributed by atoms with van der Waals surface area (Å²) in [6.45, 7) is 13.9. The molecule has 1 aromatic carbocycles. The van der Waals surface area contributed by atoms with Gasteiger partial charge in [0.2, 0.25) is 0 Å². The second-order valence-electron chi connectivity index (χ2n) is 12.2. The highest BCUT2D eigenvalue weighted by molar-refractivity contribution is 5.99. The van der Waals surface area contributed by atoms with Crippen molar-refractivity contribution in [3.8, 4) is 0 Å². The predicted molar refractivity (Wildman–Crippen MR) is 164 cm³/mol. The number of hydrogen-bond donors (Lipinski definition) is 2. The van der Waals surface area contributed by atoms with E-state index in [0.717, 1.165) is 79.7 Å². The van der Waals surface area contributed by atoms with Crippen molar-refractivity contribution < 1.29 is 9.53 Å². The Balaban J connectivity index is 1.21. The van der Waals surface area contributed by atoms with Crippen LogP contribution >= 0.6 is 0 Å². The molecule has 3 fully saturated rings. The smallest absolute Gasteiger partial charge is 0.253 e. The van der Waals surface area contributed by atoms with Crippen LogP contribution in [0.25, 0.3) is 12.2 Å². The molecular weight excluding hydrogens is 498 g/mol. The monoisotopic (exact) mass is 543 g/mol. The largest absolute Gasteiger partial charge is 0.398 e. The van der Waals surface area contributed by atoms with Crippen LogP contribution in [0.4, 0.5) is 11.4 Å². The Labute approximate surface area is 239 Å². The number of likely N-dealkylation sites (tertiary alicyclic amines) is 1. The Hall–Kier alpha value is -3.16. The molecule has 7 nitrogen and oxygen atoms in total. The number of nitrogens with two attached hydrogens (primary N) is 1. The zero-order chi connectivity index (χ0) is 28.1. The summed E-state index contributed by atoms with van der Waals surface area (Å²) >= 11 is 0. The molecule has 1 amide bonds. The van der Waals surface area contributed by atoms with Gasteiger partial charge >= 0.3 is 0 Å². The summed E-state index contributed by atoms with van der Waals surface area (Å²) in [5.74, 6) is 0.710. The van der Waals surface area contributed by atoms with Crippen molar-refractivity contribution >= 4 is 29.4 Å². The van der Waals surface area contributed by atoms with Crippen LogP contribution < -0.4 is 16.0 Å². The van der Waals surface area contributed by atoms with E-state index in [0.29, 0.717) is 17.5 Å². The number of nitrogens with zero attached hydrogens (tertiary/aromatic N) is 3. The first kappa shape index (κ1) is 28.4. The van der Waals surface area contributed by atoms with Gasteiger partial charge in [0, 0.05) is 62.3 Å². The third-order valence-corrected chi connectivity index (χ3v) is 8.85. The van der Waals surface area contributed by atoms with Crippen molar-refractivity contribution in [2.75, 3.05) is 56.6 Å². The normalized spacial score (nSPS) is 20.2. The van der Waals surface area contributed by atoms with Crippen LogP contribution in [0.5, 0.6) is 0 Å². The molecule has 1 spiro atoms. The van der Waals surface area contributed by atoms with Gasteiger partial charge in [0.1, 0.15) is 0 Å². The fourth-order valence-corrected chi connectivity index (χ4v) is 6.32. The number of ether oxygens (including phenoxy) is 1. The molecule has 2 aromatic rings. The van der Waals surface area contributed by atoms with Gasteiger partial charge in [-0.15, -0.1) is 0 Å². The van der Waals surface area contributed by atoms with Gasteiger partial charge in [0.25, 0.3) is 5.91 Å². The first-order valence-electron chi connectivity index (χ1n) is 14.9. The van der Waals surface area contributed by atoms with Gasteiger partial charge in [0.15, 0.2) is 0 Å². The number of nitrogens with one attached hydrogen (secondary N) is 1. The van der Waals surface area contributed by atoms with E-state index < -0.39 is 0 Å². The zero-order valence-corrected chi connectivity index (χ0v) is 24.4. The Morgan fingerprint density at radius 3 is 2.65 bits per heavy atom. The van der Waals surface area contributed by atoms with E-state index in [1.54, 1.807) is 6.20 Å². The molecule has 4 heterocycles. The van der Waals surface area contributed by atoms with Crippen molar-refractivity contribution in [3.05, 3.63) is 64.5 Å². The Kier molecular flexibility index (Phi) is 8.91. The maximum atomic E-state index is 13.3. The lowest BCUT2D eigenvalue weighted by atomic mass is 9.73. The number of aromatic nitrogens is 1. The average Bonchev–Trinajstić information content (AvgIpc) is 2.94. The molecule has 214 valence electrons. The molecular formula is C33H45N5O2. The third-order valence-electron chi connectivity index (χ3n) is 8.85. The summed E-state index contributed by atoms with van der Waals surface area (Å²) in [5.41, 5.74) is 13.4. The number of carbonyl (C=O) groups excluding carboxylic acids is 1. The molecule has 0 saturated carbocycles. The standard InChI is InChI=1S/C33H45N5O2/c1-4-5-28-29(19-35-20-31(28)38-22-33(23-38)10-14-40-15-11-33)32(39)36-18-26-6-7-27(30(34)17-26)16-25(3)21-37-12-8-24(2)9-13-37/h4-7,16-17,19-20,24H,8-15,18,21-23,34H2,1-3H3,(H,36,39)/b5-4-,25-16+. The van der Waals surface area contributed by atoms with Crippen LogP contribution in [0.1, 0.15) is 73.5 Å². The minimum atomic E-state index is -0.127. The highest BCUT2D eigenvalue weighted by Gasteiger charge is 2.44. The number of rotatable bonds is 8. The molecule has 0 radical (unpaired) electrons. The molecule has 3 aliphatic heterocycles. The molecule has 0 aliphatic carbocycles. The fourth-order valence-electron chi connectivity index (χ4n) is 6.32. The molecule has 40 heavy (non-hydrogen) atoms. The zero-order valence-electron chi connectivity index (χ0n) is 24.4. The molecule has 0 bridgehead atoms. The molecule has 0 atom stereocenters. The van der Waals surface area contributed by atoms with Crippen molar-refractivity contribution in [2.45, 2.75) is 53.0 Å². The predicted octanol–water partition coefficient (Wildman–Crippen LogP) is 5.38. The molecule has 7 heteroatoms. The van der Waals surface area contributed by atoms with Crippen LogP contribution in [0, 0.1) is 11.3 Å². The minimum absolute atomic E-state index is 0.127. The number of amides is 1. The number of hydrogen-bond acceptors (Lipinski definition) is 6. The summed E-state index contributed by atoms with van der Waals surface area (Å²) in [6, 6.07) is 6.08. The number of carbonyl (C=O) groups is 1. The Morgan fingerprint density at radius 2 is 1.95 bits per heavy atom. The summed E-state index contributed by atoms with van der Waals surface area (Å²) in [7, 11) is 0. The van der Waals surface area contributed by atoms with Crippen molar-refractivity contribution in [1.82, 2.24) is 15.2 Å². The van der Waals surface area contributed by atoms with E-state index in [4.69, 9.17) is 10.5 Å². The Bertz CT molecular complexity index is 1250. The fraction of sp³-hybridized carbons (Fsp3) is 0.515. The summed E-state index contributed by atoms with van der Waals surface area (Å²) in [4.78, 5) is 22.7. The number of piperidine rings is 1. The highest BCUT2D eigenvalue weighted by Crippen LogP contribution is 2.43. The van der Waals surface area contributed by atoms with E-state index in [-0.39, 0.29) is 5.91 Å². The molecule has 1 aromatic heterocycles. The quantitative estimate of drug-likeness (QED) is 0.435. The van der Waals surface area contributed by atoms with Crippen LogP contribution in [0.2, 0.25) is 0 Å². The van der Waals surface area contributed by atoms with Crippen LogP contribution in [-0.4, -0.2) is 61.7 Å². The SMILES string of the molecule is C/C=C\c1c(C(=O)NCc2ccc(/C=C(\C)CN3CCC(C)CC3)c(N)c2)cncc1N1CC2(CCOCC2)C1. The van der Waals surface area contributed by atoms with Gasteiger partial charge < -0.3 is 20.7 Å². The number of benzene rings is 1. The second-order valence-corrected chi connectivity index (χ2v) is 12.2. The minimum Gasteiger partial charge on any atom is -0.398 e. The lowest BCUT2D eigenvalue weighted by molar-refractivity contribution is -0.000221. The summed E-state index contributed by atoms with van der Waals surface area (Å²) in [6.07, 6.45) is 14.5. The lowest BCUT2D eigenvalue weighted by Crippen LogP contribution is -2.58. The van der Waals surface area contributed by atoms with Crippen LogP contribution in [-0.2, 0) is 11.3 Å². The van der Waals surface area contributed by atoms with E-state index in [1.165, 1.54) is 31.5 Å². The number of pyridine rings is 1. The van der Waals surface area contributed by atoms with Gasteiger partial charge in [-0.25, -0.2) is 0 Å². The average molecular weight is 544 g/mol. The van der Waals surface area contributed by atoms with Crippen LogP contribution in [0.3, 0.4) is 0 Å².